The van der Waals surface area contributed by atoms with Gasteiger partial charge in [0.15, 0.2) is 5.82 Å². The molecule has 3 N–H and O–H groups in total. The fraction of sp³-hybridized carbons (Fsp3) is 0.233. The number of aryl methyl sites for hydroxylation is 2. The molecule has 2 amide bonds. The van der Waals surface area contributed by atoms with Gasteiger partial charge in [0.25, 0.3) is 5.91 Å². The van der Waals surface area contributed by atoms with Crippen LogP contribution < -0.4 is 10.6 Å². The van der Waals surface area contributed by atoms with Crippen LogP contribution in [0.15, 0.2) is 66.9 Å². The van der Waals surface area contributed by atoms with Crippen molar-refractivity contribution < 1.29 is 9.59 Å². The highest BCUT2D eigenvalue weighted by molar-refractivity contribution is 6.08. The van der Waals surface area contributed by atoms with Crippen molar-refractivity contribution in [3.05, 3.63) is 83.6 Å². The van der Waals surface area contributed by atoms with Crippen LogP contribution in [-0.4, -0.2) is 26.6 Å². The summed E-state index contributed by atoms with van der Waals surface area (Å²) in [6.07, 6.45) is 3.79. The number of nitrogens with zero attached hydrogens (tertiary/aromatic N) is 2. The second kappa shape index (κ2) is 8.92. The summed E-state index contributed by atoms with van der Waals surface area (Å²) in [7, 11) is 1.96. The first-order valence-corrected chi connectivity index (χ1v) is 12.6. The van der Waals surface area contributed by atoms with E-state index in [9.17, 15) is 9.59 Å². The fourth-order valence-corrected chi connectivity index (χ4v) is 4.91. The van der Waals surface area contributed by atoms with Crippen LogP contribution in [0.4, 0.5) is 5.82 Å². The van der Waals surface area contributed by atoms with Crippen LogP contribution in [0, 0.1) is 12.8 Å². The summed E-state index contributed by atoms with van der Waals surface area (Å²) >= 11 is 0. The van der Waals surface area contributed by atoms with E-state index in [1.807, 2.05) is 61.1 Å². The summed E-state index contributed by atoms with van der Waals surface area (Å²) in [4.78, 5) is 25.5. The number of carbonyl (C=O) groups excluding carboxylic acids is 2. The van der Waals surface area contributed by atoms with Crippen molar-refractivity contribution in [1.29, 1.82) is 0 Å². The Morgan fingerprint density at radius 2 is 1.81 bits per heavy atom. The molecule has 1 aliphatic rings. The van der Waals surface area contributed by atoms with Gasteiger partial charge in [-0.25, -0.2) is 0 Å². The Kier molecular flexibility index (Phi) is 5.56. The Morgan fingerprint density at radius 1 is 1.03 bits per heavy atom. The molecule has 2 aromatic heterocycles. The summed E-state index contributed by atoms with van der Waals surface area (Å²) in [5.74, 6) is 0.625. The minimum Gasteiger partial charge on any atom is -0.350 e. The number of amides is 2. The Labute approximate surface area is 214 Å². The van der Waals surface area contributed by atoms with Crippen molar-refractivity contribution in [3.8, 4) is 11.1 Å². The van der Waals surface area contributed by atoms with Crippen LogP contribution in [0.3, 0.4) is 0 Å². The van der Waals surface area contributed by atoms with Gasteiger partial charge in [-0.05, 0) is 67.6 Å². The maximum Gasteiger partial charge on any atom is 0.253 e. The second-order valence-corrected chi connectivity index (χ2v) is 10.1. The lowest BCUT2D eigenvalue weighted by Crippen LogP contribution is -2.26. The number of anilines is 1. The van der Waals surface area contributed by atoms with Crippen molar-refractivity contribution in [3.63, 3.8) is 0 Å². The molecule has 6 rings (SSSR count). The topological polar surface area (TPSA) is 91.8 Å². The van der Waals surface area contributed by atoms with Gasteiger partial charge in [0.05, 0.1) is 17.1 Å². The molecule has 1 aliphatic carbocycles. The van der Waals surface area contributed by atoms with Crippen molar-refractivity contribution in [2.75, 3.05) is 5.32 Å². The highest BCUT2D eigenvalue weighted by Gasteiger charge is 2.30. The summed E-state index contributed by atoms with van der Waals surface area (Å²) in [5.41, 5.74) is 6.73. The lowest BCUT2D eigenvalue weighted by atomic mass is 10.0. The average molecular weight is 492 g/mol. The minimum absolute atomic E-state index is 0.0366. The number of benzene rings is 3. The van der Waals surface area contributed by atoms with Gasteiger partial charge in [-0.15, -0.1) is 0 Å². The zero-order valence-electron chi connectivity index (χ0n) is 21.1. The minimum atomic E-state index is -0.108. The molecular formula is C30H29N5O2. The smallest absolute Gasteiger partial charge is 0.253 e. The normalized spacial score (nSPS) is 14.1. The van der Waals surface area contributed by atoms with E-state index in [1.54, 1.807) is 0 Å². The van der Waals surface area contributed by atoms with E-state index in [1.165, 1.54) is 5.56 Å². The van der Waals surface area contributed by atoms with Crippen molar-refractivity contribution >= 4 is 39.4 Å². The van der Waals surface area contributed by atoms with Crippen LogP contribution in [0.2, 0.25) is 0 Å². The van der Waals surface area contributed by atoms with Gasteiger partial charge in [0.2, 0.25) is 5.91 Å². The van der Waals surface area contributed by atoms with Gasteiger partial charge in [0.1, 0.15) is 0 Å². The second-order valence-electron chi connectivity index (χ2n) is 10.1. The maximum atomic E-state index is 13.3. The molecule has 0 saturated heterocycles. The number of nitrogens with one attached hydrogen (secondary N) is 3. The Bertz CT molecular complexity index is 1670. The van der Waals surface area contributed by atoms with Gasteiger partial charge in [-0.1, -0.05) is 42.0 Å². The van der Waals surface area contributed by atoms with Gasteiger partial charge in [-0.3, -0.25) is 14.7 Å². The predicted octanol–water partition coefficient (Wildman–Crippen LogP) is 5.87. The summed E-state index contributed by atoms with van der Waals surface area (Å²) in [6, 6.07) is 20.3. The SMILES string of the molecule is Cc1cccc([C@H](C)NC(=O)c2cn(C)c3ccc(-c4ccc5c(NC(=O)C6CC6)n[nH]c5c4)cc23)c1. The first-order chi connectivity index (χ1) is 17.9. The van der Waals surface area contributed by atoms with E-state index in [4.69, 9.17) is 0 Å². The van der Waals surface area contributed by atoms with Gasteiger partial charge in [0, 0.05) is 35.5 Å². The molecule has 0 unspecified atom stereocenters. The van der Waals surface area contributed by atoms with Crippen LogP contribution >= 0.6 is 0 Å². The highest BCUT2D eigenvalue weighted by atomic mass is 16.2. The number of H-pyrrole nitrogens is 1. The first-order valence-electron chi connectivity index (χ1n) is 12.6. The third-order valence-electron chi connectivity index (χ3n) is 7.21. The molecule has 0 aliphatic heterocycles. The van der Waals surface area contributed by atoms with Gasteiger partial charge in [-0.2, -0.15) is 5.10 Å². The number of rotatable bonds is 6. The molecule has 2 heterocycles. The van der Waals surface area contributed by atoms with Gasteiger partial charge >= 0.3 is 0 Å². The number of fused-ring (bicyclic) bond motifs is 2. The van der Waals surface area contributed by atoms with Crippen LogP contribution in [-0.2, 0) is 11.8 Å². The molecule has 37 heavy (non-hydrogen) atoms. The van der Waals surface area contributed by atoms with Crippen LogP contribution in [0.5, 0.6) is 0 Å². The zero-order chi connectivity index (χ0) is 25.7. The third-order valence-corrected chi connectivity index (χ3v) is 7.21. The maximum absolute atomic E-state index is 13.3. The highest BCUT2D eigenvalue weighted by Crippen LogP contribution is 2.33. The Morgan fingerprint density at radius 3 is 2.59 bits per heavy atom. The number of hydrogen-bond acceptors (Lipinski definition) is 3. The third kappa shape index (κ3) is 4.37. The Balaban J connectivity index is 1.30. The number of hydrogen-bond donors (Lipinski definition) is 3. The summed E-state index contributed by atoms with van der Waals surface area (Å²) in [6.45, 7) is 4.06. The summed E-state index contributed by atoms with van der Waals surface area (Å²) < 4.78 is 1.98. The number of aromatic amines is 1. The van der Waals surface area contributed by atoms with E-state index in [0.717, 1.165) is 51.3 Å². The molecule has 5 aromatic rings. The molecule has 1 fully saturated rings. The number of carbonyl (C=O) groups is 2. The zero-order valence-corrected chi connectivity index (χ0v) is 21.1. The molecule has 0 bridgehead atoms. The standard InChI is InChI=1S/C30H29N5O2/c1-17-5-4-6-20(13-17)18(2)31-30(37)25-16-35(3)27-12-10-21(14-24(25)27)22-9-11-23-26(15-22)33-34-28(23)32-29(36)19-7-8-19/h4-6,9-16,18-19H,7-8H2,1-3H3,(H,31,37)(H2,32,33,34,36)/t18-/m0/s1. The van der Waals surface area contributed by atoms with E-state index < -0.39 is 0 Å². The van der Waals surface area contributed by atoms with E-state index in [-0.39, 0.29) is 23.8 Å². The van der Waals surface area contributed by atoms with Crippen LogP contribution in [0.1, 0.15) is 47.3 Å². The molecule has 1 saturated carbocycles. The van der Waals surface area contributed by atoms with Crippen molar-refractivity contribution in [2.24, 2.45) is 13.0 Å². The molecule has 1 atom stereocenters. The van der Waals surface area contributed by atoms with Crippen molar-refractivity contribution in [2.45, 2.75) is 32.7 Å². The molecule has 0 spiro atoms. The Hall–Kier alpha value is -4.39. The predicted molar refractivity (Wildman–Crippen MR) is 146 cm³/mol. The molecular weight excluding hydrogens is 462 g/mol. The van der Waals surface area contributed by atoms with E-state index in [2.05, 4.69) is 52.0 Å². The van der Waals surface area contributed by atoms with E-state index >= 15 is 0 Å². The molecule has 7 nitrogen and oxygen atoms in total. The first kappa shape index (κ1) is 23.0. The average Bonchev–Trinajstić information content (AvgIpc) is 3.60. The largest absolute Gasteiger partial charge is 0.350 e. The lowest BCUT2D eigenvalue weighted by Gasteiger charge is -2.14. The quantitative estimate of drug-likeness (QED) is 0.277. The fourth-order valence-electron chi connectivity index (χ4n) is 4.91. The molecule has 7 heteroatoms. The molecule has 0 radical (unpaired) electrons. The molecule has 186 valence electrons. The summed E-state index contributed by atoms with van der Waals surface area (Å²) in [5, 5.41) is 15.2. The number of aromatic nitrogens is 3. The van der Waals surface area contributed by atoms with Crippen LogP contribution in [0.25, 0.3) is 32.9 Å². The lowest BCUT2D eigenvalue weighted by molar-refractivity contribution is -0.117. The van der Waals surface area contributed by atoms with E-state index in [0.29, 0.717) is 11.4 Å². The monoisotopic (exact) mass is 491 g/mol. The van der Waals surface area contributed by atoms with Gasteiger partial charge < -0.3 is 15.2 Å². The molecule has 3 aromatic carbocycles. The van der Waals surface area contributed by atoms with Crippen molar-refractivity contribution in [1.82, 2.24) is 20.1 Å².